The zero-order valence-electron chi connectivity index (χ0n) is 14.2. The van der Waals surface area contributed by atoms with Crippen molar-refractivity contribution in [3.8, 4) is 5.75 Å². The second-order valence-corrected chi connectivity index (χ2v) is 6.99. The van der Waals surface area contributed by atoms with Gasteiger partial charge in [-0.2, -0.15) is 0 Å². The van der Waals surface area contributed by atoms with Crippen LogP contribution in [0, 0.1) is 0 Å². The van der Waals surface area contributed by atoms with Crippen LogP contribution in [0.5, 0.6) is 5.75 Å². The Morgan fingerprint density at radius 1 is 1.12 bits per heavy atom. The second-order valence-electron chi connectivity index (χ2n) is 5.31. The molecule has 0 aliphatic rings. The van der Waals surface area contributed by atoms with Gasteiger partial charge in [-0.05, 0) is 48.4 Å². The first kappa shape index (κ1) is 18.8. The highest BCUT2D eigenvalue weighted by Crippen LogP contribution is 2.20. The van der Waals surface area contributed by atoms with Gasteiger partial charge in [0.05, 0.1) is 25.0 Å². The van der Waals surface area contributed by atoms with Crippen molar-refractivity contribution >= 4 is 21.7 Å². The van der Waals surface area contributed by atoms with Crippen LogP contribution < -0.4 is 9.46 Å². The number of hydrogen-bond acceptors (Lipinski definition) is 5. The minimum atomic E-state index is -3.67. The van der Waals surface area contributed by atoms with Crippen molar-refractivity contribution in [2.24, 2.45) is 0 Å². The van der Waals surface area contributed by atoms with Crippen LogP contribution in [0.3, 0.4) is 0 Å². The van der Waals surface area contributed by atoms with E-state index in [1.54, 1.807) is 18.2 Å². The molecule has 0 amide bonds. The number of aryl methyl sites for hydroxylation is 1. The lowest BCUT2D eigenvalue weighted by atomic mass is 10.1. The lowest BCUT2D eigenvalue weighted by molar-refractivity contribution is -0.141. The van der Waals surface area contributed by atoms with Crippen LogP contribution in [0.2, 0.25) is 0 Å². The molecule has 0 heterocycles. The van der Waals surface area contributed by atoms with E-state index in [0.717, 1.165) is 12.0 Å². The summed E-state index contributed by atoms with van der Waals surface area (Å²) in [5, 5.41) is 0. The van der Waals surface area contributed by atoms with Crippen molar-refractivity contribution in [1.82, 2.24) is 0 Å². The molecule has 25 heavy (non-hydrogen) atoms. The normalized spacial score (nSPS) is 11.0. The molecule has 0 bridgehead atoms. The maximum atomic E-state index is 12.4. The molecule has 0 spiro atoms. The third-order valence-electron chi connectivity index (χ3n) is 3.52. The molecule has 7 heteroatoms. The summed E-state index contributed by atoms with van der Waals surface area (Å²) in [7, 11) is -2.36. The molecule has 0 aliphatic heterocycles. The van der Waals surface area contributed by atoms with Gasteiger partial charge in [-0.25, -0.2) is 8.42 Å². The predicted molar refractivity (Wildman–Crippen MR) is 95.2 cm³/mol. The standard InChI is InChI=1S/C18H21NO5S/c1-3-14-5-4-6-15(13-14)19-25(21,22)17-9-7-16(8-10-17)24-12-11-18(20)23-2/h4-10,13,19H,3,11-12H2,1-2H3. The Hall–Kier alpha value is -2.54. The van der Waals surface area contributed by atoms with Crippen LogP contribution in [0.15, 0.2) is 53.4 Å². The Morgan fingerprint density at radius 3 is 2.48 bits per heavy atom. The molecule has 6 nitrogen and oxygen atoms in total. The van der Waals surface area contributed by atoms with Gasteiger partial charge in [0.25, 0.3) is 10.0 Å². The molecule has 0 aromatic heterocycles. The summed E-state index contributed by atoms with van der Waals surface area (Å²) < 4.78 is 37.3. The third-order valence-corrected chi connectivity index (χ3v) is 4.92. The fourth-order valence-corrected chi connectivity index (χ4v) is 3.19. The predicted octanol–water partition coefficient (Wildman–Crippen LogP) is 2.99. The van der Waals surface area contributed by atoms with Crippen LogP contribution in [0.4, 0.5) is 5.69 Å². The van der Waals surface area contributed by atoms with Crippen molar-refractivity contribution < 1.29 is 22.7 Å². The van der Waals surface area contributed by atoms with Crippen molar-refractivity contribution in [3.63, 3.8) is 0 Å². The number of rotatable bonds is 8. The van der Waals surface area contributed by atoms with Gasteiger partial charge >= 0.3 is 5.97 Å². The summed E-state index contributed by atoms with van der Waals surface area (Å²) >= 11 is 0. The third kappa shape index (κ3) is 5.49. The highest BCUT2D eigenvalue weighted by molar-refractivity contribution is 7.92. The van der Waals surface area contributed by atoms with E-state index >= 15 is 0 Å². The van der Waals surface area contributed by atoms with E-state index in [4.69, 9.17) is 4.74 Å². The van der Waals surface area contributed by atoms with Crippen LogP contribution in [0.25, 0.3) is 0 Å². The number of benzene rings is 2. The average Bonchev–Trinajstić information content (AvgIpc) is 2.61. The summed E-state index contributed by atoms with van der Waals surface area (Å²) in [5.41, 5.74) is 1.58. The highest BCUT2D eigenvalue weighted by Gasteiger charge is 2.14. The minimum Gasteiger partial charge on any atom is -0.493 e. The number of anilines is 1. The molecule has 0 aliphatic carbocycles. The molecule has 2 aromatic carbocycles. The summed E-state index contributed by atoms with van der Waals surface area (Å²) in [6.07, 6.45) is 0.957. The Kier molecular flexibility index (Phi) is 6.41. The highest BCUT2D eigenvalue weighted by atomic mass is 32.2. The average molecular weight is 363 g/mol. The monoisotopic (exact) mass is 363 g/mol. The molecule has 1 N–H and O–H groups in total. The maximum absolute atomic E-state index is 12.4. The molecular weight excluding hydrogens is 342 g/mol. The molecule has 0 saturated carbocycles. The minimum absolute atomic E-state index is 0.131. The number of hydrogen-bond donors (Lipinski definition) is 1. The van der Waals surface area contributed by atoms with Crippen molar-refractivity contribution in [1.29, 1.82) is 0 Å². The zero-order valence-corrected chi connectivity index (χ0v) is 15.0. The number of methoxy groups -OCH3 is 1. The Labute approximate surface area is 147 Å². The fourth-order valence-electron chi connectivity index (χ4n) is 2.14. The molecule has 0 saturated heterocycles. The van der Waals surface area contributed by atoms with Gasteiger partial charge in [-0.1, -0.05) is 19.1 Å². The zero-order chi connectivity index (χ0) is 18.3. The summed E-state index contributed by atoms with van der Waals surface area (Å²) in [6, 6.07) is 13.3. The van der Waals surface area contributed by atoms with E-state index in [0.29, 0.717) is 11.4 Å². The van der Waals surface area contributed by atoms with Gasteiger partial charge in [0, 0.05) is 5.69 Å². The van der Waals surface area contributed by atoms with Gasteiger partial charge in [-0.15, -0.1) is 0 Å². The Bertz CT molecular complexity index is 816. The second kappa shape index (κ2) is 8.53. The van der Waals surface area contributed by atoms with Gasteiger partial charge in [0.2, 0.25) is 0 Å². The van der Waals surface area contributed by atoms with Gasteiger partial charge in [0.1, 0.15) is 5.75 Å². The van der Waals surface area contributed by atoms with E-state index in [9.17, 15) is 13.2 Å². The number of ether oxygens (including phenoxy) is 2. The number of carbonyl (C=O) groups excluding carboxylic acids is 1. The largest absolute Gasteiger partial charge is 0.493 e. The van der Waals surface area contributed by atoms with Crippen molar-refractivity contribution in [2.75, 3.05) is 18.4 Å². The molecule has 0 radical (unpaired) electrons. The number of esters is 1. The van der Waals surface area contributed by atoms with Gasteiger partial charge < -0.3 is 9.47 Å². The summed E-state index contributed by atoms with van der Waals surface area (Å²) in [5.74, 6) is 0.119. The number of carbonyl (C=O) groups is 1. The SMILES string of the molecule is CCc1cccc(NS(=O)(=O)c2ccc(OCCC(=O)OC)cc2)c1. The van der Waals surface area contributed by atoms with E-state index in [-0.39, 0.29) is 23.9 Å². The van der Waals surface area contributed by atoms with Gasteiger partial charge in [-0.3, -0.25) is 9.52 Å². The smallest absolute Gasteiger partial charge is 0.308 e. The molecule has 134 valence electrons. The Balaban J connectivity index is 2.03. The Morgan fingerprint density at radius 2 is 1.84 bits per heavy atom. The first-order chi connectivity index (χ1) is 11.9. The van der Waals surface area contributed by atoms with Gasteiger partial charge in [0.15, 0.2) is 0 Å². The molecule has 2 rings (SSSR count). The van der Waals surface area contributed by atoms with E-state index in [1.165, 1.54) is 19.2 Å². The fraction of sp³-hybridized carbons (Fsp3) is 0.278. The van der Waals surface area contributed by atoms with Crippen LogP contribution in [-0.4, -0.2) is 28.1 Å². The number of nitrogens with one attached hydrogen (secondary N) is 1. The molecule has 0 atom stereocenters. The van der Waals surface area contributed by atoms with Crippen molar-refractivity contribution in [2.45, 2.75) is 24.7 Å². The lowest BCUT2D eigenvalue weighted by Gasteiger charge is -2.10. The molecule has 2 aromatic rings. The van der Waals surface area contributed by atoms with Crippen LogP contribution in [0.1, 0.15) is 18.9 Å². The van der Waals surface area contributed by atoms with Crippen LogP contribution >= 0.6 is 0 Å². The molecule has 0 unspecified atom stereocenters. The maximum Gasteiger partial charge on any atom is 0.308 e. The molecular formula is C18H21NO5S. The van der Waals surface area contributed by atoms with E-state index < -0.39 is 10.0 Å². The quantitative estimate of drug-likeness (QED) is 0.729. The number of sulfonamides is 1. The lowest BCUT2D eigenvalue weighted by Crippen LogP contribution is -2.13. The summed E-state index contributed by atoms with van der Waals surface area (Å²) in [4.78, 5) is 11.2. The van der Waals surface area contributed by atoms with Crippen molar-refractivity contribution in [3.05, 3.63) is 54.1 Å². The topological polar surface area (TPSA) is 81.7 Å². The van der Waals surface area contributed by atoms with E-state index in [2.05, 4.69) is 9.46 Å². The van der Waals surface area contributed by atoms with Crippen LogP contribution in [-0.2, 0) is 26.0 Å². The molecule has 0 fully saturated rings. The first-order valence-corrected chi connectivity index (χ1v) is 9.34. The van der Waals surface area contributed by atoms with E-state index in [1.807, 2.05) is 25.1 Å². The first-order valence-electron chi connectivity index (χ1n) is 7.86. The summed E-state index contributed by atoms with van der Waals surface area (Å²) in [6.45, 7) is 2.17.